The molecule has 12 heteroatoms. The Morgan fingerprint density at radius 2 is 0.831 bits per heavy atom. The molecule has 0 amide bonds. The van der Waals surface area contributed by atoms with Crippen molar-refractivity contribution in [1.29, 1.82) is 0 Å². The maximum absolute atomic E-state index is 11.7. The Bertz CT molecular complexity index is 2960. The Labute approximate surface area is 356 Å². The van der Waals surface area contributed by atoms with Crippen LogP contribution in [-0.4, -0.2) is 49.2 Å². The third kappa shape index (κ3) is 7.84. The molecule has 8 aromatic carbocycles. The predicted octanol–water partition coefficient (Wildman–Crippen LogP) is 10.2. The second-order valence-electron chi connectivity index (χ2n) is 13.1. The van der Waals surface area contributed by atoms with Gasteiger partial charge in [-0.05, 0) is 60.7 Å². The SMILES string of the molecule is COc1ccc(-n2nc3ccccc3n2)c2ccccc12.COc1ccc(-n2nc3ccccc3n2)c2ccccc12.[Ir].[O-]c1ccccc1-c1nc2ccccc2s1. The van der Waals surface area contributed by atoms with Crippen molar-refractivity contribution in [3.05, 3.63) is 170 Å². The smallest absolute Gasteiger partial charge is 0.126 e. The van der Waals surface area contributed by atoms with Crippen LogP contribution in [0.15, 0.2) is 170 Å². The molecule has 0 aliphatic carbocycles. The molecular weight excluding hydrogens is 935 g/mol. The van der Waals surface area contributed by atoms with Gasteiger partial charge in [-0.25, -0.2) is 4.98 Å². The fraction of sp³-hybridized carbons (Fsp3) is 0.0426. The molecule has 0 unspecified atom stereocenters. The molecule has 1 radical (unpaired) electrons. The van der Waals surface area contributed by atoms with E-state index in [-0.39, 0.29) is 25.9 Å². The van der Waals surface area contributed by atoms with E-state index in [2.05, 4.69) is 37.5 Å². The van der Waals surface area contributed by atoms with Gasteiger partial charge in [0, 0.05) is 47.2 Å². The molecule has 0 fully saturated rings. The molecule has 59 heavy (non-hydrogen) atoms. The van der Waals surface area contributed by atoms with Crippen LogP contribution < -0.4 is 14.6 Å². The maximum Gasteiger partial charge on any atom is 0.126 e. The van der Waals surface area contributed by atoms with Crippen LogP contribution in [0.3, 0.4) is 0 Å². The van der Waals surface area contributed by atoms with E-state index in [1.54, 1.807) is 47.3 Å². The van der Waals surface area contributed by atoms with Gasteiger partial charge in [0.05, 0.1) is 35.8 Å². The second kappa shape index (κ2) is 17.3. The van der Waals surface area contributed by atoms with E-state index in [1.807, 2.05) is 146 Å². The zero-order valence-corrected chi connectivity index (χ0v) is 35.0. The van der Waals surface area contributed by atoms with Gasteiger partial charge in [-0.15, -0.1) is 41.3 Å². The topological polar surface area (TPSA) is 116 Å². The molecule has 10 nitrogen and oxygen atoms in total. The van der Waals surface area contributed by atoms with Crippen LogP contribution >= 0.6 is 11.3 Å². The van der Waals surface area contributed by atoms with Gasteiger partial charge in [-0.2, -0.15) is 0 Å². The van der Waals surface area contributed by atoms with Crippen LogP contribution in [0.5, 0.6) is 17.2 Å². The third-order valence-electron chi connectivity index (χ3n) is 9.58. The number of benzene rings is 8. The second-order valence-corrected chi connectivity index (χ2v) is 14.1. The van der Waals surface area contributed by atoms with Gasteiger partial charge in [-0.1, -0.05) is 115 Å². The first-order valence-corrected chi connectivity index (χ1v) is 19.3. The third-order valence-corrected chi connectivity index (χ3v) is 10.6. The molecule has 0 saturated carbocycles. The largest absolute Gasteiger partial charge is 0.872 e. The minimum absolute atomic E-state index is 0. The van der Waals surface area contributed by atoms with Gasteiger partial charge in [0.25, 0.3) is 0 Å². The van der Waals surface area contributed by atoms with Crippen LogP contribution in [0.1, 0.15) is 0 Å². The Hall–Kier alpha value is -6.98. The van der Waals surface area contributed by atoms with Crippen molar-refractivity contribution in [3.63, 3.8) is 0 Å². The van der Waals surface area contributed by atoms with Crippen molar-refractivity contribution in [2.24, 2.45) is 0 Å². The number of aromatic nitrogens is 7. The summed E-state index contributed by atoms with van der Waals surface area (Å²) in [5, 5.41) is 34.9. The Kier molecular flexibility index (Phi) is 11.4. The molecule has 291 valence electrons. The van der Waals surface area contributed by atoms with E-state index in [0.717, 1.165) is 81.7 Å². The molecule has 0 aliphatic heterocycles. The Balaban J connectivity index is 0.000000123. The molecule has 0 aliphatic rings. The first-order chi connectivity index (χ1) is 28.6. The van der Waals surface area contributed by atoms with Crippen LogP contribution in [0.25, 0.3) is 75.8 Å². The van der Waals surface area contributed by atoms with E-state index in [1.165, 1.54) is 0 Å². The van der Waals surface area contributed by atoms with Gasteiger partial charge < -0.3 is 14.6 Å². The number of fused-ring (bicyclic) bond motifs is 5. The zero-order chi connectivity index (χ0) is 39.4. The van der Waals surface area contributed by atoms with Crippen molar-refractivity contribution < 1.29 is 34.7 Å². The standard InChI is InChI=1S/2C17H13N3O.C13H9NOS.Ir/c2*1-21-17-11-10-16(12-6-2-3-7-13(12)17)20-18-14-8-4-5-9-15(14)19-20;15-11-7-3-1-5-9(11)13-14-10-6-2-4-8-12(10)16-13;/h2*2-11H,1H3;1-8,15H;/p-1. The molecular formula is C47H34IrN7O3S-. The van der Waals surface area contributed by atoms with E-state index in [4.69, 9.17) is 9.47 Å². The monoisotopic (exact) mass is 969 g/mol. The first kappa shape index (κ1) is 38.9. The Morgan fingerprint density at radius 3 is 1.27 bits per heavy atom. The van der Waals surface area contributed by atoms with Crippen LogP contribution in [0.2, 0.25) is 0 Å². The van der Waals surface area contributed by atoms with Gasteiger partial charge in [0.2, 0.25) is 0 Å². The van der Waals surface area contributed by atoms with E-state index < -0.39 is 0 Å². The minimum Gasteiger partial charge on any atom is -0.872 e. The molecule has 0 atom stereocenters. The number of thiazole rings is 1. The summed E-state index contributed by atoms with van der Waals surface area (Å²) in [6.45, 7) is 0. The van der Waals surface area contributed by atoms with Crippen molar-refractivity contribution in [2.45, 2.75) is 0 Å². The van der Waals surface area contributed by atoms with Crippen LogP contribution in [0, 0.1) is 0 Å². The summed E-state index contributed by atoms with van der Waals surface area (Å²) in [7, 11) is 3.36. The first-order valence-electron chi connectivity index (χ1n) is 18.5. The molecule has 11 rings (SSSR count). The number of para-hydroxylation sites is 2. The maximum atomic E-state index is 11.7. The molecule has 0 spiro atoms. The van der Waals surface area contributed by atoms with Gasteiger partial charge in [0.1, 0.15) is 38.6 Å². The van der Waals surface area contributed by atoms with Gasteiger partial charge >= 0.3 is 0 Å². The van der Waals surface area contributed by atoms with Crippen molar-refractivity contribution in [1.82, 2.24) is 35.0 Å². The number of nitrogens with zero attached hydrogens (tertiary/aromatic N) is 7. The molecule has 11 aromatic rings. The van der Waals surface area contributed by atoms with Crippen molar-refractivity contribution in [2.75, 3.05) is 14.2 Å². The quantitative estimate of drug-likeness (QED) is 0.168. The van der Waals surface area contributed by atoms with E-state index in [9.17, 15) is 5.11 Å². The number of ether oxygens (including phenoxy) is 2. The number of hydrogen-bond acceptors (Lipinski definition) is 9. The number of hydrogen-bond donors (Lipinski definition) is 0. The number of rotatable bonds is 5. The fourth-order valence-electron chi connectivity index (χ4n) is 6.78. The normalized spacial score (nSPS) is 10.8. The van der Waals surface area contributed by atoms with Crippen LogP contribution in [-0.2, 0) is 20.1 Å². The fourth-order valence-corrected chi connectivity index (χ4v) is 7.78. The van der Waals surface area contributed by atoms with Crippen LogP contribution in [0.4, 0.5) is 0 Å². The van der Waals surface area contributed by atoms with E-state index >= 15 is 0 Å². The summed E-state index contributed by atoms with van der Waals surface area (Å²) in [4.78, 5) is 7.84. The Morgan fingerprint density at radius 1 is 0.441 bits per heavy atom. The summed E-state index contributed by atoms with van der Waals surface area (Å²) < 4.78 is 12.0. The predicted molar refractivity (Wildman–Crippen MR) is 230 cm³/mol. The van der Waals surface area contributed by atoms with Gasteiger partial charge in [-0.3, -0.25) is 0 Å². The number of methoxy groups -OCH3 is 2. The summed E-state index contributed by atoms with van der Waals surface area (Å²) in [5.41, 5.74) is 7.07. The molecule has 0 saturated heterocycles. The van der Waals surface area contributed by atoms with E-state index in [0.29, 0.717) is 5.56 Å². The van der Waals surface area contributed by atoms with Gasteiger partial charge in [0.15, 0.2) is 0 Å². The molecule has 3 heterocycles. The summed E-state index contributed by atoms with van der Waals surface area (Å²) in [6, 6.07) is 54.7. The molecule has 0 bridgehead atoms. The average Bonchev–Trinajstić information content (AvgIpc) is 4.03. The molecule has 3 aromatic heterocycles. The molecule has 0 N–H and O–H groups in total. The zero-order valence-electron chi connectivity index (χ0n) is 31.8. The summed E-state index contributed by atoms with van der Waals surface area (Å²) in [5.74, 6) is 1.73. The van der Waals surface area contributed by atoms with Crippen molar-refractivity contribution >= 4 is 65.2 Å². The summed E-state index contributed by atoms with van der Waals surface area (Å²) >= 11 is 1.55. The average molecular weight is 969 g/mol. The van der Waals surface area contributed by atoms with Crippen molar-refractivity contribution in [3.8, 4) is 39.2 Å². The summed E-state index contributed by atoms with van der Waals surface area (Å²) in [6.07, 6.45) is 0. The minimum atomic E-state index is 0.